The number of aldehydes is 1. The molecule has 0 unspecified atom stereocenters. The van der Waals surface area contributed by atoms with Crippen LogP contribution in [-0.2, 0) is 29.3 Å². The zero-order valence-corrected chi connectivity index (χ0v) is 23.5. The second-order valence-corrected chi connectivity index (χ2v) is 12.5. The highest BCUT2D eigenvalue weighted by molar-refractivity contribution is 6.23. The van der Waals surface area contributed by atoms with Gasteiger partial charge in [-0.05, 0) is 64.7 Å². The summed E-state index contributed by atoms with van der Waals surface area (Å²) in [7, 11) is 0. The van der Waals surface area contributed by atoms with E-state index in [-0.39, 0.29) is 5.69 Å². The van der Waals surface area contributed by atoms with Crippen molar-refractivity contribution in [3.8, 4) is 0 Å². The summed E-state index contributed by atoms with van der Waals surface area (Å²) in [6.45, 7) is 11.9. The quantitative estimate of drug-likeness (QED) is 0.445. The van der Waals surface area contributed by atoms with Gasteiger partial charge in [-0.1, -0.05) is 55.5 Å². The lowest BCUT2D eigenvalue weighted by Crippen LogP contribution is -2.64. The Morgan fingerprint density at radius 2 is 1.49 bits per heavy atom. The number of esters is 1. The minimum Gasteiger partial charge on any atom is -0.460 e. The van der Waals surface area contributed by atoms with E-state index in [0.717, 1.165) is 4.90 Å². The van der Waals surface area contributed by atoms with Gasteiger partial charge in [0.25, 0.3) is 0 Å². The van der Waals surface area contributed by atoms with Gasteiger partial charge < -0.3 is 19.4 Å². The maximum Gasteiger partial charge on any atom is 0.421 e. The largest absolute Gasteiger partial charge is 0.460 e. The minimum absolute atomic E-state index is 0.277. The number of imide groups is 1. The average molecular weight is 536 g/mol. The second-order valence-electron chi connectivity index (χ2n) is 12.5. The van der Waals surface area contributed by atoms with Crippen molar-refractivity contribution in [2.45, 2.75) is 77.1 Å². The number of aliphatic hydroxyl groups excluding tert-OH is 1. The lowest BCUT2D eigenvalue weighted by molar-refractivity contribution is -0.177. The maximum absolute atomic E-state index is 14.9. The number of aliphatic hydroxyl groups is 1. The molecule has 208 valence electrons. The van der Waals surface area contributed by atoms with Crippen LogP contribution in [0.25, 0.3) is 0 Å². The van der Waals surface area contributed by atoms with Gasteiger partial charge in [-0.2, -0.15) is 0 Å². The third-order valence-electron chi connectivity index (χ3n) is 7.53. The summed E-state index contributed by atoms with van der Waals surface area (Å²) in [4.78, 5) is 56.1. The van der Waals surface area contributed by atoms with E-state index < -0.39 is 64.4 Å². The number of fused-ring (bicyclic) bond motifs is 2. The Balaban J connectivity index is 2.08. The monoisotopic (exact) mass is 535 g/mol. The molecule has 0 saturated heterocycles. The third-order valence-corrected chi connectivity index (χ3v) is 7.53. The molecule has 1 aliphatic carbocycles. The molecule has 4 rings (SSSR count). The average Bonchev–Trinajstić information content (AvgIpc) is 3.08. The second kappa shape index (κ2) is 9.90. The summed E-state index contributed by atoms with van der Waals surface area (Å²) in [6, 6.07) is 15.6. The molecule has 1 heterocycles. The normalized spacial score (nSPS) is 28.7. The molecule has 0 radical (unpaired) electrons. The third kappa shape index (κ3) is 4.75. The number of amides is 2. The Bertz CT molecular complexity index is 1280. The van der Waals surface area contributed by atoms with Crippen LogP contribution in [0.4, 0.5) is 10.5 Å². The molecule has 1 aliphatic heterocycles. The first-order chi connectivity index (χ1) is 18.1. The maximum atomic E-state index is 14.9. The fourth-order valence-corrected chi connectivity index (χ4v) is 6.24. The highest BCUT2D eigenvalue weighted by atomic mass is 16.6. The van der Waals surface area contributed by atoms with E-state index in [1.807, 2.05) is 0 Å². The summed E-state index contributed by atoms with van der Waals surface area (Å²) >= 11 is 0. The fourth-order valence-electron chi connectivity index (χ4n) is 6.24. The SMILES string of the molecule is C[C@H]1[C@H](O)[C@@H](C=O)[C@@H](c2ccccc2)[C@]2(C(=O)N(C(=O)OC(C)(C)C)c3ccccc32)[C@@H]1C(=O)OC(C)(C)C. The molecule has 1 spiro atoms. The van der Waals surface area contributed by atoms with Gasteiger partial charge in [0.15, 0.2) is 0 Å². The van der Waals surface area contributed by atoms with E-state index in [2.05, 4.69) is 0 Å². The van der Waals surface area contributed by atoms with Gasteiger partial charge in [0.1, 0.15) is 17.5 Å². The van der Waals surface area contributed by atoms with Crippen molar-refractivity contribution in [2.75, 3.05) is 4.90 Å². The van der Waals surface area contributed by atoms with Crippen LogP contribution in [0.3, 0.4) is 0 Å². The summed E-state index contributed by atoms with van der Waals surface area (Å²) in [5, 5.41) is 11.4. The molecule has 0 aromatic heterocycles. The number of benzene rings is 2. The molecule has 8 heteroatoms. The summed E-state index contributed by atoms with van der Waals surface area (Å²) in [6.07, 6.45) is -1.47. The predicted octanol–water partition coefficient (Wildman–Crippen LogP) is 4.77. The Labute approximate surface area is 229 Å². The van der Waals surface area contributed by atoms with E-state index in [1.54, 1.807) is 103 Å². The number of carbonyl (C=O) groups is 4. The Morgan fingerprint density at radius 1 is 0.923 bits per heavy atom. The molecular weight excluding hydrogens is 498 g/mol. The van der Waals surface area contributed by atoms with Crippen LogP contribution in [-0.4, -0.2) is 46.7 Å². The molecule has 1 saturated carbocycles. The minimum atomic E-state index is -1.73. The summed E-state index contributed by atoms with van der Waals surface area (Å²) in [5.74, 6) is -5.46. The van der Waals surface area contributed by atoms with Crippen molar-refractivity contribution in [1.29, 1.82) is 0 Å². The molecule has 2 aliphatic rings. The fraction of sp³-hybridized carbons (Fsp3) is 0.484. The zero-order chi connectivity index (χ0) is 28.9. The van der Waals surface area contributed by atoms with Crippen molar-refractivity contribution >= 4 is 29.9 Å². The van der Waals surface area contributed by atoms with Crippen LogP contribution in [0, 0.1) is 17.8 Å². The topological polar surface area (TPSA) is 110 Å². The molecule has 6 atom stereocenters. The highest BCUT2D eigenvalue weighted by Crippen LogP contribution is 2.62. The van der Waals surface area contributed by atoms with E-state index in [0.29, 0.717) is 17.4 Å². The van der Waals surface area contributed by atoms with Crippen molar-refractivity contribution in [2.24, 2.45) is 17.8 Å². The van der Waals surface area contributed by atoms with Gasteiger partial charge in [-0.3, -0.25) is 9.59 Å². The number of hydrogen-bond donors (Lipinski definition) is 1. The molecule has 1 N–H and O–H groups in total. The molecule has 2 aromatic carbocycles. The predicted molar refractivity (Wildman–Crippen MR) is 145 cm³/mol. The van der Waals surface area contributed by atoms with Crippen LogP contribution in [0.15, 0.2) is 54.6 Å². The van der Waals surface area contributed by atoms with Crippen LogP contribution >= 0.6 is 0 Å². The number of carbonyl (C=O) groups excluding carboxylic acids is 4. The Kier molecular flexibility index (Phi) is 7.23. The van der Waals surface area contributed by atoms with Crippen LogP contribution in [0.5, 0.6) is 0 Å². The zero-order valence-electron chi connectivity index (χ0n) is 23.5. The summed E-state index contributed by atoms with van der Waals surface area (Å²) < 4.78 is 11.5. The van der Waals surface area contributed by atoms with Gasteiger partial charge in [0.05, 0.1) is 23.1 Å². The van der Waals surface area contributed by atoms with Gasteiger partial charge >= 0.3 is 12.1 Å². The molecule has 2 aromatic rings. The van der Waals surface area contributed by atoms with Crippen molar-refractivity contribution in [3.63, 3.8) is 0 Å². The number of nitrogens with zero attached hydrogens (tertiary/aromatic N) is 1. The smallest absolute Gasteiger partial charge is 0.421 e. The van der Waals surface area contributed by atoms with Crippen LogP contribution < -0.4 is 4.90 Å². The van der Waals surface area contributed by atoms with E-state index in [9.17, 15) is 24.3 Å². The van der Waals surface area contributed by atoms with Gasteiger partial charge in [0, 0.05) is 11.8 Å². The van der Waals surface area contributed by atoms with Crippen molar-refractivity contribution < 1.29 is 33.8 Å². The van der Waals surface area contributed by atoms with E-state index in [1.165, 1.54) is 0 Å². The standard InChI is InChI=1S/C31H37NO7/c1-18-23(26(35)38-29(2,3)4)31(24(20(17-33)25(18)34)19-13-9-8-10-14-19)21-15-11-12-16-22(21)32(27(31)36)28(37)39-30(5,6)7/h8-18,20,23-25,34H,1-7H3/t18-,20+,23+,24-,25+,31-/m1/s1. The van der Waals surface area contributed by atoms with Crippen molar-refractivity contribution in [3.05, 3.63) is 65.7 Å². The van der Waals surface area contributed by atoms with E-state index >= 15 is 0 Å². The number of anilines is 1. The van der Waals surface area contributed by atoms with Crippen molar-refractivity contribution in [1.82, 2.24) is 0 Å². The number of rotatable bonds is 3. The molecule has 8 nitrogen and oxygen atoms in total. The van der Waals surface area contributed by atoms with Gasteiger partial charge in [-0.25, -0.2) is 9.69 Å². The first-order valence-electron chi connectivity index (χ1n) is 13.2. The van der Waals surface area contributed by atoms with Gasteiger partial charge in [-0.15, -0.1) is 0 Å². The molecule has 0 bridgehead atoms. The highest BCUT2D eigenvalue weighted by Gasteiger charge is 2.70. The number of ether oxygens (including phenoxy) is 2. The Hall–Kier alpha value is -3.52. The molecule has 1 fully saturated rings. The van der Waals surface area contributed by atoms with Crippen LogP contribution in [0.2, 0.25) is 0 Å². The van der Waals surface area contributed by atoms with E-state index in [4.69, 9.17) is 9.47 Å². The van der Waals surface area contributed by atoms with Crippen LogP contribution in [0.1, 0.15) is 65.5 Å². The lowest BCUT2D eigenvalue weighted by atomic mass is 9.49. The molecule has 39 heavy (non-hydrogen) atoms. The summed E-state index contributed by atoms with van der Waals surface area (Å²) in [5.41, 5.74) is -2.24. The molecular formula is C31H37NO7. The first kappa shape index (κ1) is 28.5. The first-order valence-corrected chi connectivity index (χ1v) is 13.2. The molecule has 2 amide bonds. The number of para-hydroxylation sites is 1. The Morgan fingerprint density at radius 3 is 2.05 bits per heavy atom. The lowest BCUT2D eigenvalue weighted by Gasteiger charge is -2.52. The van der Waals surface area contributed by atoms with Gasteiger partial charge in [0.2, 0.25) is 5.91 Å². The number of hydrogen-bond acceptors (Lipinski definition) is 7.